The lowest BCUT2D eigenvalue weighted by atomic mass is 9.65. The van der Waals surface area contributed by atoms with E-state index in [4.69, 9.17) is 20.6 Å². The summed E-state index contributed by atoms with van der Waals surface area (Å²) in [6, 6.07) is 1.04. The molecular weight excluding hydrogens is 528 g/mol. The van der Waals surface area contributed by atoms with E-state index in [1.807, 2.05) is 20.8 Å². The summed E-state index contributed by atoms with van der Waals surface area (Å²) >= 11 is 0. The van der Waals surface area contributed by atoms with Crippen molar-refractivity contribution < 1.29 is 14.3 Å². The number of fused-ring (bicyclic) bond motifs is 2. The van der Waals surface area contributed by atoms with Crippen molar-refractivity contribution in [1.82, 2.24) is 21.1 Å². The minimum Gasteiger partial charge on any atom is -0.444 e. The molecule has 9 heteroatoms. The zero-order valence-electron chi connectivity index (χ0n) is 26.4. The molecule has 0 aromatic carbocycles. The van der Waals surface area contributed by atoms with Crippen molar-refractivity contribution in [1.29, 1.82) is 5.41 Å². The number of likely N-dealkylation sites (tertiary alicyclic amines) is 1. The monoisotopic (exact) mass is 586 g/mol. The number of amides is 1. The number of carbonyl (C=O) groups excluding carboxylic acids is 1. The Hall–Kier alpha value is -1.42. The molecule has 0 radical (unpaired) electrons. The summed E-state index contributed by atoms with van der Waals surface area (Å²) in [5.41, 5.74) is 12.8. The van der Waals surface area contributed by atoms with Crippen molar-refractivity contribution in [3.8, 4) is 0 Å². The molecule has 0 bridgehead atoms. The van der Waals surface area contributed by atoms with Gasteiger partial charge in [0.25, 0.3) is 0 Å². The number of alkyl carbamates (subject to hydrolysis) is 1. The number of hydrogen-bond acceptors (Lipinski definition) is 7. The summed E-state index contributed by atoms with van der Waals surface area (Å²) < 4.78 is 12.3. The van der Waals surface area contributed by atoms with Gasteiger partial charge in [-0.3, -0.25) is 10.3 Å². The van der Waals surface area contributed by atoms with Crippen molar-refractivity contribution in [2.75, 3.05) is 6.54 Å². The van der Waals surface area contributed by atoms with Crippen molar-refractivity contribution >= 4 is 11.9 Å². The van der Waals surface area contributed by atoms with Crippen LogP contribution in [0.2, 0.25) is 0 Å². The molecule has 0 aromatic heterocycles. The fourth-order valence-corrected chi connectivity index (χ4v) is 9.85. The maximum atomic E-state index is 12.3. The highest BCUT2D eigenvalue weighted by Crippen LogP contribution is 2.48. The van der Waals surface area contributed by atoms with E-state index in [0.717, 1.165) is 56.3 Å². The predicted octanol–water partition coefficient (Wildman–Crippen LogP) is 5.25. The first-order valence-electron chi connectivity index (χ1n) is 17.4. The second-order valence-corrected chi connectivity index (χ2v) is 15.7. The van der Waals surface area contributed by atoms with Gasteiger partial charge >= 0.3 is 6.09 Å². The SMILES string of the molecule is CC(C)(C)OC(=O)NC1CCC(C2NNC(C3CC4CCC(C(=N)N)CC4N3CC3CCCC4CCCCC43)O2)CC1. The summed E-state index contributed by atoms with van der Waals surface area (Å²) in [6.07, 6.45) is 18.0. The fraction of sp³-hybridized carbons (Fsp3) is 0.939. The van der Waals surface area contributed by atoms with Gasteiger partial charge < -0.3 is 20.5 Å². The zero-order chi connectivity index (χ0) is 29.4. The molecule has 6 rings (SSSR count). The third-order valence-corrected chi connectivity index (χ3v) is 11.9. The highest BCUT2D eigenvalue weighted by Gasteiger charge is 2.51. The van der Waals surface area contributed by atoms with E-state index >= 15 is 0 Å². The minimum atomic E-state index is -0.475. The Morgan fingerprint density at radius 3 is 2.36 bits per heavy atom. The summed E-state index contributed by atoms with van der Waals surface area (Å²) in [4.78, 5) is 15.1. The Labute approximate surface area is 253 Å². The highest BCUT2D eigenvalue weighted by molar-refractivity contribution is 5.79. The van der Waals surface area contributed by atoms with Crippen LogP contribution < -0.4 is 21.9 Å². The van der Waals surface area contributed by atoms with Gasteiger partial charge in [0.15, 0.2) is 0 Å². The molecule has 0 spiro atoms. The molecule has 4 saturated carbocycles. The van der Waals surface area contributed by atoms with E-state index < -0.39 is 5.60 Å². The molecule has 9 unspecified atom stereocenters. The van der Waals surface area contributed by atoms with Crippen LogP contribution in [0, 0.1) is 40.9 Å². The average Bonchev–Trinajstić information content (AvgIpc) is 3.58. The normalized spacial score (nSPS) is 42.9. The number of nitrogens with zero attached hydrogens (tertiary/aromatic N) is 1. The lowest BCUT2D eigenvalue weighted by Crippen LogP contribution is -2.52. The van der Waals surface area contributed by atoms with Gasteiger partial charge in [-0.1, -0.05) is 32.1 Å². The Bertz CT molecular complexity index is 947. The molecule has 2 heterocycles. The molecule has 6 aliphatic rings. The van der Waals surface area contributed by atoms with E-state index in [1.54, 1.807) is 0 Å². The number of nitrogens with one attached hydrogen (secondary N) is 4. The largest absolute Gasteiger partial charge is 0.444 e. The molecule has 2 saturated heterocycles. The summed E-state index contributed by atoms with van der Waals surface area (Å²) in [6.45, 7) is 6.89. The smallest absolute Gasteiger partial charge is 0.407 e. The molecule has 42 heavy (non-hydrogen) atoms. The molecule has 6 N–H and O–H groups in total. The quantitative estimate of drug-likeness (QED) is 0.213. The number of hydrogen-bond donors (Lipinski definition) is 5. The average molecular weight is 587 g/mol. The van der Waals surface area contributed by atoms with Gasteiger partial charge in [-0.25, -0.2) is 15.6 Å². The number of rotatable bonds is 6. The second kappa shape index (κ2) is 12.9. The lowest BCUT2D eigenvalue weighted by molar-refractivity contribution is -0.0537. The maximum Gasteiger partial charge on any atom is 0.407 e. The van der Waals surface area contributed by atoms with Gasteiger partial charge in [0.2, 0.25) is 0 Å². The van der Waals surface area contributed by atoms with Gasteiger partial charge in [0.05, 0.1) is 11.9 Å². The molecule has 238 valence electrons. The molecule has 4 aliphatic carbocycles. The molecule has 1 amide bonds. The summed E-state index contributed by atoms with van der Waals surface area (Å²) in [5, 5.41) is 11.3. The van der Waals surface area contributed by atoms with Crippen LogP contribution in [-0.4, -0.2) is 59.6 Å². The van der Waals surface area contributed by atoms with Crippen LogP contribution in [-0.2, 0) is 9.47 Å². The van der Waals surface area contributed by atoms with Gasteiger partial charge in [-0.15, -0.1) is 0 Å². The fourth-order valence-electron chi connectivity index (χ4n) is 9.85. The second-order valence-electron chi connectivity index (χ2n) is 15.7. The van der Waals surface area contributed by atoms with Crippen LogP contribution in [0.1, 0.15) is 117 Å². The van der Waals surface area contributed by atoms with Crippen LogP contribution in [0.4, 0.5) is 4.79 Å². The third-order valence-electron chi connectivity index (χ3n) is 11.9. The van der Waals surface area contributed by atoms with Crippen LogP contribution in [0.25, 0.3) is 0 Å². The van der Waals surface area contributed by atoms with Crippen molar-refractivity contribution in [3.63, 3.8) is 0 Å². The number of ether oxygens (including phenoxy) is 2. The first-order chi connectivity index (χ1) is 20.1. The Balaban J connectivity index is 1.08. The summed E-state index contributed by atoms with van der Waals surface area (Å²) in [5.74, 6) is 4.35. The van der Waals surface area contributed by atoms with Crippen molar-refractivity contribution in [2.24, 2.45) is 41.2 Å². The van der Waals surface area contributed by atoms with Crippen LogP contribution in [0.5, 0.6) is 0 Å². The standard InChI is InChI=1S/C33H58N6O3/c1-33(2,3)42-32(40)36-25-15-13-21(14-16-25)30-37-38-31(41-30)28-17-22-11-12-23(29(34)35)18-27(22)39(28)19-24-9-6-8-20-7-4-5-10-26(20)24/h20-28,30-31,37-38H,4-19H2,1-3H3,(H3,34,35)(H,36,40). The van der Waals surface area contributed by atoms with Crippen molar-refractivity contribution in [2.45, 2.75) is 153 Å². The third kappa shape index (κ3) is 6.94. The van der Waals surface area contributed by atoms with Crippen LogP contribution in [0.15, 0.2) is 0 Å². The Kier molecular flexibility index (Phi) is 9.40. The number of nitrogens with two attached hydrogens (primary N) is 1. The first kappa shape index (κ1) is 30.6. The van der Waals surface area contributed by atoms with E-state index in [2.05, 4.69) is 21.1 Å². The number of amidine groups is 1. The van der Waals surface area contributed by atoms with E-state index in [1.165, 1.54) is 64.3 Å². The number of hydrazine groups is 1. The van der Waals surface area contributed by atoms with Gasteiger partial charge in [-0.2, -0.15) is 0 Å². The maximum absolute atomic E-state index is 12.3. The summed E-state index contributed by atoms with van der Waals surface area (Å²) in [7, 11) is 0. The minimum absolute atomic E-state index is 0.00401. The molecular formula is C33H58N6O3. The van der Waals surface area contributed by atoms with Crippen LogP contribution >= 0.6 is 0 Å². The molecule has 6 fully saturated rings. The topological polar surface area (TPSA) is 125 Å². The zero-order valence-corrected chi connectivity index (χ0v) is 26.4. The van der Waals surface area contributed by atoms with Gasteiger partial charge in [0.1, 0.15) is 18.1 Å². The van der Waals surface area contributed by atoms with E-state index in [0.29, 0.717) is 29.8 Å². The Morgan fingerprint density at radius 1 is 0.881 bits per heavy atom. The first-order valence-corrected chi connectivity index (χ1v) is 17.4. The number of carbonyl (C=O) groups is 1. The molecule has 9 atom stereocenters. The van der Waals surface area contributed by atoms with Crippen molar-refractivity contribution in [3.05, 3.63) is 0 Å². The van der Waals surface area contributed by atoms with Crippen LogP contribution in [0.3, 0.4) is 0 Å². The van der Waals surface area contributed by atoms with E-state index in [-0.39, 0.29) is 30.5 Å². The molecule has 9 nitrogen and oxygen atoms in total. The highest BCUT2D eigenvalue weighted by atomic mass is 16.6. The van der Waals surface area contributed by atoms with Gasteiger partial charge in [-0.05, 0) is 115 Å². The molecule has 0 aromatic rings. The lowest BCUT2D eigenvalue weighted by Gasteiger charge is -2.46. The Morgan fingerprint density at radius 2 is 1.60 bits per heavy atom. The van der Waals surface area contributed by atoms with E-state index in [9.17, 15) is 4.79 Å². The van der Waals surface area contributed by atoms with Gasteiger partial charge in [0, 0.05) is 24.5 Å². The predicted molar refractivity (Wildman–Crippen MR) is 164 cm³/mol. The molecule has 2 aliphatic heterocycles.